The third kappa shape index (κ3) is 3.22. The van der Waals surface area contributed by atoms with E-state index in [1.165, 1.54) is 12.5 Å². The minimum absolute atomic E-state index is 0.00938. The van der Waals surface area contributed by atoms with Crippen LogP contribution in [0.2, 0.25) is 0 Å². The molecular formula is C32H50O4. The number of hydrogen-bond acceptors (Lipinski definition) is 4. The monoisotopic (exact) mass is 498 g/mol. The Kier molecular flexibility index (Phi) is 5.84. The fourth-order valence-corrected chi connectivity index (χ4v) is 11.2. The molecule has 5 aliphatic carbocycles. The van der Waals surface area contributed by atoms with Crippen molar-refractivity contribution in [1.29, 1.82) is 0 Å². The molecule has 202 valence electrons. The molecule has 11 unspecified atom stereocenters. The molecule has 4 fully saturated rings. The highest BCUT2D eigenvalue weighted by atomic mass is 16.5. The van der Waals surface area contributed by atoms with Crippen molar-refractivity contribution in [2.45, 2.75) is 119 Å². The summed E-state index contributed by atoms with van der Waals surface area (Å²) in [7, 11) is 0. The molecule has 0 amide bonds. The van der Waals surface area contributed by atoms with Gasteiger partial charge in [-0.3, -0.25) is 4.79 Å². The summed E-state index contributed by atoms with van der Waals surface area (Å²) in [5, 5.41) is 22.8. The van der Waals surface area contributed by atoms with E-state index in [1.54, 1.807) is 0 Å². The normalized spacial score (nSPS) is 53.8. The molecule has 5 aliphatic rings. The predicted molar refractivity (Wildman–Crippen MR) is 143 cm³/mol. The molecule has 0 aromatic heterocycles. The Morgan fingerprint density at radius 2 is 1.69 bits per heavy atom. The highest BCUT2D eigenvalue weighted by molar-refractivity contribution is 5.66. The summed E-state index contributed by atoms with van der Waals surface area (Å²) in [5.41, 5.74) is 2.31. The second-order valence-electron chi connectivity index (χ2n) is 15.1. The van der Waals surface area contributed by atoms with Crippen LogP contribution in [0.4, 0.5) is 0 Å². The van der Waals surface area contributed by atoms with Gasteiger partial charge in [0.1, 0.15) is 6.10 Å². The Balaban J connectivity index is 1.59. The summed E-state index contributed by atoms with van der Waals surface area (Å²) in [6, 6.07) is 0. The molecule has 0 spiro atoms. The van der Waals surface area contributed by atoms with E-state index in [4.69, 9.17) is 4.74 Å². The zero-order chi connectivity index (χ0) is 26.6. The maximum atomic E-state index is 12.1. The quantitative estimate of drug-likeness (QED) is 0.322. The SMILES string of the molecule is C=C1C(O)CC2(C)CCC3(C)C(=CC(O)C4C5(C)CCC(OC(C)=O)C(C)(C)C5CCC43C)C2C1C. The topological polar surface area (TPSA) is 66.8 Å². The van der Waals surface area contributed by atoms with Crippen LogP contribution in [0.3, 0.4) is 0 Å². The zero-order valence-electron chi connectivity index (χ0n) is 24.0. The lowest BCUT2D eigenvalue weighted by molar-refractivity contribution is -0.229. The second kappa shape index (κ2) is 7.94. The van der Waals surface area contributed by atoms with Gasteiger partial charge >= 0.3 is 5.97 Å². The largest absolute Gasteiger partial charge is 0.462 e. The summed E-state index contributed by atoms with van der Waals surface area (Å²) in [5.74, 6) is 0.913. The van der Waals surface area contributed by atoms with E-state index in [1.807, 2.05) is 0 Å². The van der Waals surface area contributed by atoms with Gasteiger partial charge in [-0.05, 0) is 89.9 Å². The Labute approximate surface area is 219 Å². The van der Waals surface area contributed by atoms with Crippen molar-refractivity contribution in [3.8, 4) is 0 Å². The fourth-order valence-electron chi connectivity index (χ4n) is 11.2. The van der Waals surface area contributed by atoms with Crippen molar-refractivity contribution in [2.24, 2.45) is 50.7 Å². The molecule has 5 rings (SSSR count). The van der Waals surface area contributed by atoms with Crippen LogP contribution < -0.4 is 0 Å². The van der Waals surface area contributed by atoms with Gasteiger partial charge in [0.25, 0.3) is 0 Å². The van der Waals surface area contributed by atoms with E-state index in [2.05, 4.69) is 61.1 Å². The lowest BCUT2D eigenvalue weighted by atomic mass is 9.33. The zero-order valence-corrected chi connectivity index (χ0v) is 24.0. The first-order valence-corrected chi connectivity index (χ1v) is 14.5. The third-order valence-corrected chi connectivity index (χ3v) is 13.2. The van der Waals surface area contributed by atoms with Crippen LogP contribution in [0.25, 0.3) is 0 Å². The molecule has 4 heteroatoms. The standard InChI is InChI=1S/C32H50O4/c1-18-19(2)26-21-16-22(34)27-30(7)12-11-25(36-20(3)33)28(4,5)24(30)10-13-32(27,9)31(21,8)15-14-29(26,6)17-23(18)35/h16,19,22-27,34-35H,1,10-15,17H2,2-9H3. The highest BCUT2D eigenvalue weighted by Gasteiger charge is 2.70. The number of carbonyl (C=O) groups is 1. The maximum absolute atomic E-state index is 12.1. The smallest absolute Gasteiger partial charge is 0.302 e. The molecule has 4 saturated carbocycles. The van der Waals surface area contributed by atoms with Crippen LogP contribution in [-0.4, -0.2) is 34.5 Å². The number of carbonyl (C=O) groups excluding carboxylic acids is 1. The summed E-state index contributed by atoms with van der Waals surface area (Å²) >= 11 is 0. The predicted octanol–water partition coefficient (Wildman–Crippen LogP) is 6.46. The number of rotatable bonds is 1. The number of esters is 1. The first-order chi connectivity index (χ1) is 16.5. The van der Waals surface area contributed by atoms with Gasteiger partial charge in [-0.15, -0.1) is 0 Å². The van der Waals surface area contributed by atoms with Crippen LogP contribution in [0.5, 0.6) is 0 Å². The Bertz CT molecular complexity index is 996. The molecule has 0 aromatic rings. The Morgan fingerprint density at radius 3 is 2.33 bits per heavy atom. The minimum atomic E-state index is -0.485. The molecule has 4 nitrogen and oxygen atoms in total. The van der Waals surface area contributed by atoms with E-state index in [0.29, 0.717) is 11.8 Å². The molecular weight excluding hydrogens is 448 g/mol. The summed E-state index contributed by atoms with van der Waals surface area (Å²) in [4.78, 5) is 11.9. The maximum Gasteiger partial charge on any atom is 0.302 e. The average Bonchev–Trinajstić information content (AvgIpc) is 2.75. The van der Waals surface area contributed by atoms with Crippen LogP contribution in [0, 0.1) is 50.7 Å². The van der Waals surface area contributed by atoms with E-state index in [0.717, 1.165) is 50.5 Å². The van der Waals surface area contributed by atoms with Crippen molar-refractivity contribution >= 4 is 5.97 Å². The van der Waals surface area contributed by atoms with Crippen molar-refractivity contribution in [3.63, 3.8) is 0 Å². The number of allylic oxidation sites excluding steroid dienone is 1. The molecule has 0 aliphatic heterocycles. The van der Waals surface area contributed by atoms with E-state index in [9.17, 15) is 15.0 Å². The molecule has 11 atom stereocenters. The van der Waals surface area contributed by atoms with Crippen LogP contribution in [-0.2, 0) is 9.53 Å². The molecule has 2 N–H and O–H groups in total. The number of aliphatic hydroxyl groups excluding tert-OH is 2. The van der Waals surface area contributed by atoms with Crippen molar-refractivity contribution in [1.82, 2.24) is 0 Å². The van der Waals surface area contributed by atoms with Crippen LogP contribution >= 0.6 is 0 Å². The van der Waals surface area contributed by atoms with Gasteiger partial charge in [-0.25, -0.2) is 0 Å². The first kappa shape index (κ1) is 26.5. The molecule has 0 aromatic carbocycles. The molecule has 0 bridgehead atoms. The molecule has 0 radical (unpaired) electrons. The lowest BCUT2D eigenvalue weighted by Crippen LogP contribution is -2.67. The van der Waals surface area contributed by atoms with Gasteiger partial charge < -0.3 is 14.9 Å². The van der Waals surface area contributed by atoms with E-state index in [-0.39, 0.29) is 51.0 Å². The Hall–Kier alpha value is -1.13. The van der Waals surface area contributed by atoms with Crippen molar-refractivity contribution in [2.75, 3.05) is 0 Å². The van der Waals surface area contributed by atoms with Crippen LogP contribution in [0.15, 0.2) is 23.8 Å². The van der Waals surface area contributed by atoms with E-state index < -0.39 is 12.2 Å². The van der Waals surface area contributed by atoms with Crippen molar-refractivity contribution < 1.29 is 19.7 Å². The first-order valence-electron chi connectivity index (χ1n) is 14.5. The van der Waals surface area contributed by atoms with Crippen LogP contribution in [0.1, 0.15) is 100 Å². The number of aliphatic hydroxyl groups is 2. The van der Waals surface area contributed by atoms with Crippen molar-refractivity contribution in [3.05, 3.63) is 23.8 Å². The number of hydrogen-bond donors (Lipinski definition) is 2. The van der Waals surface area contributed by atoms with E-state index >= 15 is 0 Å². The second-order valence-corrected chi connectivity index (χ2v) is 15.1. The molecule has 0 saturated heterocycles. The molecule has 36 heavy (non-hydrogen) atoms. The lowest BCUT2D eigenvalue weighted by Gasteiger charge is -2.72. The van der Waals surface area contributed by atoms with Gasteiger partial charge in [-0.2, -0.15) is 0 Å². The number of ether oxygens (including phenoxy) is 1. The van der Waals surface area contributed by atoms with Gasteiger partial charge in [0.2, 0.25) is 0 Å². The average molecular weight is 499 g/mol. The van der Waals surface area contributed by atoms with Gasteiger partial charge in [0.15, 0.2) is 0 Å². The summed E-state index contributed by atoms with van der Waals surface area (Å²) < 4.78 is 5.85. The summed E-state index contributed by atoms with van der Waals surface area (Å²) in [6.07, 6.45) is 8.33. The van der Waals surface area contributed by atoms with Gasteiger partial charge in [-0.1, -0.05) is 66.7 Å². The fraction of sp³-hybridized carbons (Fsp3) is 0.844. The highest BCUT2D eigenvalue weighted by Crippen LogP contribution is 2.75. The minimum Gasteiger partial charge on any atom is -0.462 e. The molecule has 0 heterocycles. The summed E-state index contributed by atoms with van der Waals surface area (Å²) in [6.45, 7) is 22.4. The Morgan fingerprint density at radius 1 is 1.03 bits per heavy atom. The van der Waals surface area contributed by atoms with Gasteiger partial charge in [0, 0.05) is 18.3 Å². The number of fused-ring (bicyclic) bond motifs is 7. The third-order valence-electron chi connectivity index (χ3n) is 13.2. The van der Waals surface area contributed by atoms with Gasteiger partial charge in [0.05, 0.1) is 12.2 Å².